The molecule has 0 aliphatic rings. The average Bonchev–Trinajstić information content (AvgIpc) is 2.41. The highest BCUT2D eigenvalue weighted by Gasteiger charge is 2.25. The van der Waals surface area contributed by atoms with E-state index in [1.807, 2.05) is 13.8 Å². The summed E-state index contributed by atoms with van der Waals surface area (Å²) in [7, 11) is 0. The molecule has 0 fully saturated rings. The van der Waals surface area contributed by atoms with Gasteiger partial charge in [-0.2, -0.15) is 0 Å². The van der Waals surface area contributed by atoms with Crippen LogP contribution in [0.1, 0.15) is 26.7 Å². The van der Waals surface area contributed by atoms with Crippen LogP contribution >= 0.6 is 0 Å². The Hall–Kier alpha value is -1.62. The van der Waals surface area contributed by atoms with Crippen LogP contribution in [0.15, 0.2) is 24.3 Å². The van der Waals surface area contributed by atoms with Crippen molar-refractivity contribution in [1.29, 1.82) is 0 Å². The number of halogens is 1. The number of urea groups is 1. The third-order valence-corrected chi connectivity index (χ3v) is 3.54. The first-order valence-corrected chi connectivity index (χ1v) is 6.46. The summed E-state index contributed by atoms with van der Waals surface area (Å²) >= 11 is 0. The summed E-state index contributed by atoms with van der Waals surface area (Å²) in [5.41, 5.74) is 0.110. The van der Waals surface area contributed by atoms with Crippen molar-refractivity contribution in [3.8, 4) is 0 Å². The molecule has 1 rings (SSSR count). The first kappa shape index (κ1) is 15.4. The zero-order valence-corrected chi connectivity index (χ0v) is 11.4. The van der Waals surface area contributed by atoms with E-state index in [0.717, 1.165) is 12.8 Å². The zero-order chi connectivity index (χ0) is 14.3. The van der Waals surface area contributed by atoms with Gasteiger partial charge in [-0.05, 0) is 31.0 Å². The number of nitrogens with one attached hydrogen (secondary N) is 2. The fraction of sp³-hybridized carbons (Fsp3) is 0.500. The van der Waals surface area contributed by atoms with Crippen molar-refractivity contribution >= 4 is 11.7 Å². The van der Waals surface area contributed by atoms with Gasteiger partial charge >= 0.3 is 6.03 Å². The van der Waals surface area contributed by atoms with Gasteiger partial charge in [0.15, 0.2) is 0 Å². The summed E-state index contributed by atoms with van der Waals surface area (Å²) in [6.45, 7) is 4.37. The predicted molar refractivity (Wildman–Crippen MR) is 73.5 cm³/mol. The number of amides is 2. The highest BCUT2D eigenvalue weighted by Crippen LogP contribution is 2.24. The minimum atomic E-state index is -0.398. The molecule has 2 amide bonds. The van der Waals surface area contributed by atoms with Crippen LogP contribution in [0.2, 0.25) is 0 Å². The van der Waals surface area contributed by atoms with E-state index >= 15 is 0 Å². The molecule has 19 heavy (non-hydrogen) atoms. The smallest absolute Gasteiger partial charge is 0.319 e. The molecule has 4 nitrogen and oxygen atoms in total. The van der Waals surface area contributed by atoms with E-state index in [2.05, 4.69) is 10.6 Å². The number of hydrogen-bond donors (Lipinski definition) is 3. The summed E-state index contributed by atoms with van der Waals surface area (Å²) in [6.07, 6.45) is 1.56. The van der Waals surface area contributed by atoms with E-state index < -0.39 is 11.8 Å². The first-order valence-electron chi connectivity index (χ1n) is 6.46. The maximum atomic E-state index is 13.0. The fourth-order valence-electron chi connectivity index (χ4n) is 1.79. The van der Waals surface area contributed by atoms with E-state index in [1.54, 1.807) is 6.07 Å². The van der Waals surface area contributed by atoms with Crippen molar-refractivity contribution in [1.82, 2.24) is 5.32 Å². The number of aliphatic hydroxyl groups is 1. The highest BCUT2D eigenvalue weighted by atomic mass is 19.1. The minimum absolute atomic E-state index is 0.0280. The van der Waals surface area contributed by atoms with Gasteiger partial charge in [-0.15, -0.1) is 0 Å². The fourth-order valence-corrected chi connectivity index (χ4v) is 1.79. The lowest BCUT2D eigenvalue weighted by Gasteiger charge is -2.29. The highest BCUT2D eigenvalue weighted by molar-refractivity contribution is 5.89. The van der Waals surface area contributed by atoms with Gasteiger partial charge in [0, 0.05) is 17.6 Å². The van der Waals surface area contributed by atoms with Gasteiger partial charge in [0.2, 0.25) is 0 Å². The Bertz CT molecular complexity index is 411. The summed E-state index contributed by atoms with van der Waals surface area (Å²) in [5, 5.41) is 14.7. The summed E-state index contributed by atoms with van der Waals surface area (Å²) < 4.78 is 13.0. The monoisotopic (exact) mass is 268 g/mol. The van der Waals surface area contributed by atoms with Gasteiger partial charge in [0.25, 0.3) is 0 Å². The quantitative estimate of drug-likeness (QED) is 0.743. The minimum Gasteiger partial charge on any atom is -0.396 e. The first-order chi connectivity index (χ1) is 9.05. The third-order valence-electron chi connectivity index (χ3n) is 3.54. The second kappa shape index (κ2) is 7.09. The second-order valence-electron chi connectivity index (χ2n) is 4.68. The van der Waals surface area contributed by atoms with Gasteiger partial charge in [0.05, 0.1) is 6.61 Å². The molecule has 0 saturated carbocycles. The van der Waals surface area contributed by atoms with Crippen molar-refractivity contribution in [3.63, 3.8) is 0 Å². The van der Waals surface area contributed by atoms with Gasteiger partial charge in [0.1, 0.15) is 5.82 Å². The number of anilines is 1. The van der Waals surface area contributed by atoms with Gasteiger partial charge in [-0.1, -0.05) is 19.9 Å². The van der Waals surface area contributed by atoms with E-state index in [9.17, 15) is 14.3 Å². The van der Waals surface area contributed by atoms with Crippen molar-refractivity contribution in [2.75, 3.05) is 18.5 Å². The Morgan fingerprint density at radius 1 is 1.37 bits per heavy atom. The number of hydrogen-bond acceptors (Lipinski definition) is 2. The van der Waals surface area contributed by atoms with Crippen LogP contribution in [0, 0.1) is 11.2 Å². The van der Waals surface area contributed by atoms with Crippen molar-refractivity contribution in [2.24, 2.45) is 5.41 Å². The van der Waals surface area contributed by atoms with E-state index in [4.69, 9.17) is 0 Å². The van der Waals surface area contributed by atoms with Crippen LogP contribution in [0.4, 0.5) is 14.9 Å². The van der Waals surface area contributed by atoms with Gasteiger partial charge < -0.3 is 15.7 Å². The van der Waals surface area contributed by atoms with E-state index in [1.165, 1.54) is 18.2 Å². The number of carbonyl (C=O) groups excluding carboxylic acids is 1. The Labute approximate surface area is 113 Å². The molecule has 0 unspecified atom stereocenters. The molecule has 0 bridgehead atoms. The molecule has 0 aliphatic carbocycles. The molecule has 0 aliphatic heterocycles. The largest absolute Gasteiger partial charge is 0.396 e. The Morgan fingerprint density at radius 3 is 2.58 bits per heavy atom. The number of benzene rings is 1. The maximum Gasteiger partial charge on any atom is 0.319 e. The van der Waals surface area contributed by atoms with Crippen LogP contribution in [-0.4, -0.2) is 24.3 Å². The molecule has 0 radical (unpaired) electrons. The summed E-state index contributed by atoms with van der Waals surface area (Å²) in [4.78, 5) is 11.7. The third kappa shape index (κ3) is 4.52. The Balaban J connectivity index is 2.52. The van der Waals surface area contributed by atoms with Crippen LogP contribution < -0.4 is 10.6 Å². The number of rotatable bonds is 6. The average molecular weight is 268 g/mol. The number of carbonyl (C=O) groups is 1. The number of aliphatic hydroxyl groups excluding tert-OH is 1. The molecule has 0 heterocycles. The standard InChI is InChI=1S/C14H21FN2O2/c1-3-14(4-2,10-18)9-16-13(19)17-12-7-5-6-11(15)8-12/h5-8,18H,3-4,9-10H2,1-2H3,(H2,16,17,19). The van der Waals surface area contributed by atoms with Crippen LogP contribution in [0.3, 0.4) is 0 Å². The van der Waals surface area contributed by atoms with Crippen molar-refractivity contribution in [2.45, 2.75) is 26.7 Å². The molecule has 106 valence electrons. The normalized spacial score (nSPS) is 11.2. The zero-order valence-electron chi connectivity index (χ0n) is 11.4. The van der Waals surface area contributed by atoms with Crippen molar-refractivity contribution in [3.05, 3.63) is 30.1 Å². The molecule has 5 heteroatoms. The molecule has 0 atom stereocenters. The summed E-state index contributed by atoms with van der Waals surface area (Å²) in [5.74, 6) is -0.398. The molecule has 1 aromatic carbocycles. The SMILES string of the molecule is CCC(CC)(CO)CNC(=O)Nc1cccc(F)c1. The molecular formula is C14H21FN2O2. The predicted octanol–water partition coefficient (Wildman–Crippen LogP) is 2.75. The van der Waals surface area contributed by atoms with E-state index in [0.29, 0.717) is 12.2 Å². The maximum absolute atomic E-state index is 13.0. The van der Waals surface area contributed by atoms with Crippen LogP contribution in [0.25, 0.3) is 0 Å². The van der Waals surface area contributed by atoms with Crippen LogP contribution in [0.5, 0.6) is 0 Å². The van der Waals surface area contributed by atoms with E-state index in [-0.39, 0.29) is 12.0 Å². The van der Waals surface area contributed by atoms with Gasteiger partial charge in [-0.25, -0.2) is 9.18 Å². The molecule has 0 aromatic heterocycles. The second-order valence-corrected chi connectivity index (χ2v) is 4.68. The molecule has 1 aromatic rings. The summed E-state index contributed by atoms with van der Waals surface area (Å²) in [6, 6.07) is 5.31. The molecule has 0 spiro atoms. The molecular weight excluding hydrogens is 247 g/mol. The molecule has 3 N–H and O–H groups in total. The van der Waals surface area contributed by atoms with Crippen LogP contribution in [-0.2, 0) is 0 Å². The molecule has 0 saturated heterocycles. The lowest BCUT2D eigenvalue weighted by molar-refractivity contribution is 0.116. The van der Waals surface area contributed by atoms with Gasteiger partial charge in [-0.3, -0.25) is 0 Å². The lowest BCUT2D eigenvalue weighted by Crippen LogP contribution is -2.41. The Morgan fingerprint density at radius 2 is 2.05 bits per heavy atom. The topological polar surface area (TPSA) is 61.4 Å². The Kier molecular flexibility index (Phi) is 5.76. The lowest BCUT2D eigenvalue weighted by atomic mass is 9.83. The van der Waals surface area contributed by atoms with Crippen molar-refractivity contribution < 1.29 is 14.3 Å².